The van der Waals surface area contributed by atoms with Gasteiger partial charge in [-0.05, 0) is 59.7 Å². The van der Waals surface area contributed by atoms with Crippen LogP contribution >= 0.6 is 0 Å². The van der Waals surface area contributed by atoms with Gasteiger partial charge in [-0.15, -0.1) is 0 Å². The van der Waals surface area contributed by atoms with Gasteiger partial charge in [0, 0.05) is 6.42 Å². The van der Waals surface area contributed by atoms with E-state index in [0.29, 0.717) is 18.4 Å². The van der Waals surface area contributed by atoms with E-state index in [2.05, 4.69) is 6.07 Å². The van der Waals surface area contributed by atoms with Gasteiger partial charge in [-0.2, -0.15) is 5.26 Å². The van der Waals surface area contributed by atoms with E-state index in [1.165, 1.54) is 14.2 Å². The van der Waals surface area contributed by atoms with Gasteiger partial charge in [0.1, 0.15) is 0 Å². The molecular weight excluding hydrogens is 330 g/mol. The van der Waals surface area contributed by atoms with Gasteiger partial charge in [-0.3, -0.25) is 4.79 Å². The Balaban J connectivity index is 2.28. The molecule has 2 atom stereocenters. The number of esters is 2. The van der Waals surface area contributed by atoms with Crippen LogP contribution in [0, 0.1) is 11.3 Å². The van der Waals surface area contributed by atoms with Crippen LogP contribution in [0.1, 0.15) is 53.6 Å². The van der Waals surface area contributed by atoms with E-state index in [1.807, 2.05) is 25.1 Å². The number of hydrogen-bond donors (Lipinski definition) is 0. The number of nitriles is 1. The van der Waals surface area contributed by atoms with Crippen LogP contribution in [0.5, 0.6) is 0 Å². The van der Waals surface area contributed by atoms with E-state index in [1.54, 1.807) is 12.1 Å². The van der Waals surface area contributed by atoms with Gasteiger partial charge in [0.2, 0.25) is 0 Å². The molecule has 0 saturated heterocycles. The van der Waals surface area contributed by atoms with Crippen molar-refractivity contribution >= 4 is 22.7 Å². The number of fused-ring (bicyclic) bond motifs is 3. The second-order valence-electron chi connectivity index (χ2n) is 6.88. The summed E-state index contributed by atoms with van der Waals surface area (Å²) < 4.78 is 9.89. The second-order valence-corrected chi connectivity index (χ2v) is 6.88. The van der Waals surface area contributed by atoms with E-state index in [-0.39, 0.29) is 11.9 Å². The van der Waals surface area contributed by atoms with Crippen molar-refractivity contribution < 1.29 is 19.1 Å². The SMILES string of the molecule is COC(=O)c1ccc2c3c(ccc2c1)[C@@H](CC#N)CC[C@@]3(C)C(=O)OC. The summed E-state index contributed by atoms with van der Waals surface area (Å²) >= 11 is 0. The van der Waals surface area contributed by atoms with Gasteiger partial charge < -0.3 is 9.47 Å². The largest absolute Gasteiger partial charge is 0.468 e. The summed E-state index contributed by atoms with van der Waals surface area (Å²) in [5, 5.41) is 10.9. The Morgan fingerprint density at radius 2 is 2.00 bits per heavy atom. The molecule has 3 rings (SSSR count). The van der Waals surface area contributed by atoms with Gasteiger partial charge in [0.05, 0.1) is 31.3 Å². The van der Waals surface area contributed by atoms with Crippen molar-refractivity contribution in [2.24, 2.45) is 0 Å². The van der Waals surface area contributed by atoms with Crippen molar-refractivity contribution in [3.05, 3.63) is 47.0 Å². The Labute approximate surface area is 152 Å². The summed E-state index contributed by atoms with van der Waals surface area (Å²) in [5.41, 5.74) is 1.61. The molecule has 5 heteroatoms. The minimum Gasteiger partial charge on any atom is -0.468 e. The fourth-order valence-corrected chi connectivity index (χ4v) is 4.04. The summed E-state index contributed by atoms with van der Waals surface area (Å²) in [4.78, 5) is 24.5. The average molecular weight is 351 g/mol. The predicted molar refractivity (Wildman–Crippen MR) is 96.9 cm³/mol. The van der Waals surface area contributed by atoms with Crippen molar-refractivity contribution in [3.8, 4) is 6.07 Å². The Kier molecular flexibility index (Phi) is 4.69. The second kappa shape index (κ2) is 6.80. The monoisotopic (exact) mass is 351 g/mol. The highest BCUT2D eigenvalue weighted by Crippen LogP contribution is 2.47. The lowest BCUT2D eigenvalue weighted by atomic mass is 9.65. The lowest BCUT2D eigenvalue weighted by molar-refractivity contribution is -0.147. The van der Waals surface area contributed by atoms with Gasteiger partial charge in [0.15, 0.2) is 0 Å². The Morgan fingerprint density at radius 1 is 1.23 bits per heavy atom. The highest BCUT2D eigenvalue weighted by molar-refractivity contribution is 5.99. The standard InChI is InChI=1S/C21H21NO4/c1-21(20(24)26-3)10-8-13(9-11-22)16-6-4-14-12-15(19(23)25-2)5-7-17(14)18(16)21/h4-7,12-13H,8-10H2,1-3H3/t13-,21-/m1/s1. The summed E-state index contributed by atoms with van der Waals surface area (Å²) in [6.45, 7) is 1.90. The van der Waals surface area contributed by atoms with E-state index in [0.717, 1.165) is 28.3 Å². The molecule has 0 saturated carbocycles. The molecule has 0 radical (unpaired) electrons. The smallest absolute Gasteiger partial charge is 0.337 e. The van der Waals surface area contributed by atoms with E-state index in [4.69, 9.17) is 9.47 Å². The molecule has 2 aromatic carbocycles. The molecule has 0 unspecified atom stereocenters. The molecule has 5 nitrogen and oxygen atoms in total. The number of benzene rings is 2. The van der Waals surface area contributed by atoms with E-state index >= 15 is 0 Å². The zero-order valence-corrected chi connectivity index (χ0v) is 15.2. The topological polar surface area (TPSA) is 76.4 Å². The quantitative estimate of drug-likeness (QED) is 0.785. The third-order valence-corrected chi connectivity index (χ3v) is 5.43. The summed E-state index contributed by atoms with van der Waals surface area (Å²) in [6.07, 6.45) is 1.80. The lowest BCUT2D eigenvalue weighted by Gasteiger charge is -2.38. The highest BCUT2D eigenvalue weighted by Gasteiger charge is 2.43. The number of ether oxygens (including phenoxy) is 2. The van der Waals surface area contributed by atoms with E-state index < -0.39 is 11.4 Å². The fraction of sp³-hybridized carbons (Fsp3) is 0.381. The van der Waals surface area contributed by atoms with Crippen LogP contribution in [0.15, 0.2) is 30.3 Å². The maximum Gasteiger partial charge on any atom is 0.337 e. The minimum atomic E-state index is -0.775. The molecular formula is C21H21NO4. The normalized spacial score (nSPS) is 21.5. The van der Waals surface area contributed by atoms with Crippen molar-refractivity contribution in [3.63, 3.8) is 0 Å². The number of methoxy groups -OCH3 is 2. The molecule has 1 aliphatic carbocycles. The van der Waals surface area contributed by atoms with Gasteiger partial charge >= 0.3 is 11.9 Å². The number of carbonyl (C=O) groups is 2. The number of carbonyl (C=O) groups excluding carboxylic acids is 2. The van der Waals surface area contributed by atoms with Crippen LogP contribution in [-0.2, 0) is 19.7 Å². The first-order valence-corrected chi connectivity index (χ1v) is 8.57. The summed E-state index contributed by atoms with van der Waals surface area (Å²) in [5.74, 6) is -0.584. The first-order valence-electron chi connectivity index (χ1n) is 8.57. The molecule has 26 heavy (non-hydrogen) atoms. The van der Waals surface area contributed by atoms with Crippen LogP contribution in [-0.4, -0.2) is 26.2 Å². The van der Waals surface area contributed by atoms with Crippen molar-refractivity contribution in [2.45, 2.75) is 37.5 Å². The summed E-state index contributed by atoms with van der Waals surface area (Å²) in [7, 11) is 2.75. The maximum atomic E-state index is 12.6. The van der Waals surface area contributed by atoms with Gasteiger partial charge in [0.25, 0.3) is 0 Å². The summed E-state index contributed by atoms with van der Waals surface area (Å²) in [6, 6.07) is 11.5. The first kappa shape index (κ1) is 17.9. The number of nitrogens with zero attached hydrogens (tertiary/aromatic N) is 1. The maximum absolute atomic E-state index is 12.6. The molecule has 0 heterocycles. The predicted octanol–water partition coefficient (Wildman–Crippen LogP) is 3.85. The van der Waals surface area contributed by atoms with Gasteiger partial charge in [-0.1, -0.05) is 18.2 Å². The van der Waals surface area contributed by atoms with Crippen LogP contribution in [0.3, 0.4) is 0 Å². The highest BCUT2D eigenvalue weighted by atomic mass is 16.5. The molecule has 0 bridgehead atoms. The Hall–Kier alpha value is -2.87. The molecule has 0 amide bonds. The molecule has 0 fully saturated rings. The van der Waals surface area contributed by atoms with Crippen LogP contribution in [0.25, 0.3) is 10.8 Å². The average Bonchev–Trinajstić information content (AvgIpc) is 2.68. The third kappa shape index (κ3) is 2.72. The molecule has 2 aromatic rings. The van der Waals surface area contributed by atoms with Gasteiger partial charge in [-0.25, -0.2) is 4.79 Å². The molecule has 1 aliphatic rings. The Morgan fingerprint density at radius 3 is 2.65 bits per heavy atom. The molecule has 0 aromatic heterocycles. The third-order valence-electron chi connectivity index (χ3n) is 5.43. The number of hydrogen-bond acceptors (Lipinski definition) is 5. The van der Waals surface area contributed by atoms with Crippen LogP contribution < -0.4 is 0 Å². The van der Waals surface area contributed by atoms with Crippen molar-refractivity contribution in [1.82, 2.24) is 0 Å². The minimum absolute atomic E-state index is 0.0948. The zero-order chi connectivity index (χ0) is 18.9. The molecule has 0 N–H and O–H groups in total. The van der Waals surface area contributed by atoms with E-state index in [9.17, 15) is 14.9 Å². The van der Waals surface area contributed by atoms with Crippen LogP contribution in [0.2, 0.25) is 0 Å². The number of rotatable bonds is 3. The van der Waals surface area contributed by atoms with Crippen molar-refractivity contribution in [2.75, 3.05) is 14.2 Å². The molecule has 134 valence electrons. The molecule has 0 spiro atoms. The molecule has 0 aliphatic heterocycles. The Bertz CT molecular complexity index is 927. The zero-order valence-electron chi connectivity index (χ0n) is 15.2. The fourth-order valence-electron chi connectivity index (χ4n) is 4.04. The lowest BCUT2D eigenvalue weighted by Crippen LogP contribution is -2.38. The van der Waals surface area contributed by atoms with Crippen LogP contribution in [0.4, 0.5) is 0 Å². The van der Waals surface area contributed by atoms with Crippen molar-refractivity contribution in [1.29, 1.82) is 5.26 Å². The first-order chi connectivity index (χ1) is 12.5.